The molecule has 86 valence electrons. The molecule has 0 aliphatic carbocycles. The molecular formula is C11H26O2Si. The Morgan fingerprint density at radius 2 is 1.21 bits per heavy atom. The van der Waals surface area contributed by atoms with Crippen LogP contribution in [0, 0.1) is 5.92 Å². The second-order valence-electron chi connectivity index (χ2n) is 5.06. The maximum Gasteiger partial charge on any atom is 0.335 e. The van der Waals surface area contributed by atoms with Crippen LogP contribution >= 0.6 is 0 Å². The van der Waals surface area contributed by atoms with Gasteiger partial charge in [-0.05, 0) is 46.2 Å². The summed E-state index contributed by atoms with van der Waals surface area (Å²) in [5.74, 6) is 0.643. The van der Waals surface area contributed by atoms with Gasteiger partial charge < -0.3 is 8.85 Å². The molecule has 0 atom stereocenters. The lowest BCUT2D eigenvalue weighted by Crippen LogP contribution is -2.43. The fraction of sp³-hybridized carbons (Fsp3) is 1.00. The van der Waals surface area contributed by atoms with Crippen LogP contribution in [0.3, 0.4) is 0 Å². The zero-order chi connectivity index (χ0) is 11.4. The van der Waals surface area contributed by atoms with Gasteiger partial charge in [0.1, 0.15) is 0 Å². The van der Waals surface area contributed by atoms with E-state index < -0.39 is 8.56 Å². The van der Waals surface area contributed by atoms with Gasteiger partial charge in [0.2, 0.25) is 0 Å². The van der Waals surface area contributed by atoms with E-state index in [1.54, 1.807) is 0 Å². The molecule has 0 aromatic heterocycles. The molecular weight excluding hydrogens is 192 g/mol. The van der Waals surface area contributed by atoms with Crippen LogP contribution in [0.15, 0.2) is 0 Å². The van der Waals surface area contributed by atoms with E-state index in [4.69, 9.17) is 8.85 Å². The fourth-order valence-corrected chi connectivity index (χ4v) is 5.59. The standard InChI is InChI=1S/C11H26O2Si/c1-9(2)8-14(7,12-10(3)4)13-11(5)6/h9-11H,8H2,1-7H3. The van der Waals surface area contributed by atoms with E-state index >= 15 is 0 Å². The third kappa shape index (κ3) is 6.57. The Labute approximate surface area is 90.2 Å². The van der Waals surface area contributed by atoms with Gasteiger partial charge in [-0.2, -0.15) is 0 Å². The van der Waals surface area contributed by atoms with E-state index in [0.29, 0.717) is 5.92 Å². The largest absolute Gasteiger partial charge is 0.392 e. The summed E-state index contributed by atoms with van der Waals surface area (Å²) < 4.78 is 12.0. The molecule has 0 aliphatic heterocycles. The van der Waals surface area contributed by atoms with E-state index in [1.807, 2.05) is 0 Å². The lowest BCUT2D eigenvalue weighted by atomic mass is 10.3. The van der Waals surface area contributed by atoms with Crippen LogP contribution in [0.5, 0.6) is 0 Å². The average Bonchev–Trinajstić information content (AvgIpc) is 1.76. The molecule has 0 heterocycles. The van der Waals surface area contributed by atoms with E-state index in [2.05, 4.69) is 48.1 Å². The van der Waals surface area contributed by atoms with Crippen LogP contribution in [0.2, 0.25) is 12.6 Å². The van der Waals surface area contributed by atoms with Crippen LogP contribution in [-0.2, 0) is 8.85 Å². The van der Waals surface area contributed by atoms with Gasteiger partial charge in [-0.1, -0.05) is 13.8 Å². The summed E-state index contributed by atoms with van der Waals surface area (Å²) in [6.07, 6.45) is 0.535. The van der Waals surface area contributed by atoms with Crippen LogP contribution in [-0.4, -0.2) is 20.8 Å². The molecule has 14 heavy (non-hydrogen) atoms. The van der Waals surface area contributed by atoms with Crippen molar-refractivity contribution in [1.29, 1.82) is 0 Å². The lowest BCUT2D eigenvalue weighted by Gasteiger charge is -2.32. The van der Waals surface area contributed by atoms with Crippen LogP contribution in [0.25, 0.3) is 0 Å². The predicted octanol–water partition coefficient (Wildman–Crippen LogP) is 3.56. The molecule has 0 amide bonds. The third-order valence-electron chi connectivity index (χ3n) is 1.75. The summed E-state index contributed by atoms with van der Waals surface area (Å²) in [6, 6.07) is 1.07. The van der Waals surface area contributed by atoms with Crippen molar-refractivity contribution in [3.8, 4) is 0 Å². The summed E-state index contributed by atoms with van der Waals surface area (Å²) in [7, 11) is -1.94. The first-order chi connectivity index (χ1) is 6.25. The molecule has 0 aromatic carbocycles. The number of hydrogen-bond donors (Lipinski definition) is 0. The van der Waals surface area contributed by atoms with Gasteiger partial charge in [0.05, 0.1) is 0 Å². The van der Waals surface area contributed by atoms with Gasteiger partial charge in [0.15, 0.2) is 0 Å². The monoisotopic (exact) mass is 218 g/mol. The van der Waals surface area contributed by atoms with Gasteiger partial charge in [-0.15, -0.1) is 0 Å². The molecule has 0 radical (unpaired) electrons. The van der Waals surface area contributed by atoms with Crippen molar-refractivity contribution >= 4 is 8.56 Å². The maximum absolute atomic E-state index is 5.98. The molecule has 2 nitrogen and oxygen atoms in total. The Morgan fingerprint density at radius 3 is 1.43 bits per heavy atom. The Morgan fingerprint density at radius 1 is 0.857 bits per heavy atom. The van der Waals surface area contributed by atoms with Gasteiger partial charge in [-0.3, -0.25) is 0 Å². The summed E-state index contributed by atoms with van der Waals surface area (Å²) in [4.78, 5) is 0. The van der Waals surface area contributed by atoms with Crippen molar-refractivity contribution < 1.29 is 8.85 Å². The highest BCUT2D eigenvalue weighted by molar-refractivity contribution is 6.66. The third-order valence-corrected chi connectivity index (χ3v) is 5.25. The smallest absolute Gasteiger partial charge is 0.335 e. The SMILES string of the molecule is CC(C)C[Si](C)(OC(C)C)OC(C)C. The Bertz CT molecular complexity index is 129. The summed E-state index contributed by atoms with van der Waals surface area (Å²) in [6.45, 7) is 14.9. The van der Waals surface area contributed by atoms with Crippen LogP contribution < -0.4 is 0 Å². The van der Waals surface area contributed by atoms with Crippen molar-refractivity contribution in [2.24, 2.45) is 5.92 Å². The first kappa shape index (κ1) is 14.1. The average molecular weight is 218 g/mol. The summed E-state index contributed by atoms with van der Waals surface area (Å²) >= 11 is 0. The molecule has 0 spiro atoms. The van der Waals surface area contributed by atoms with Crippen molar-refractivity contribution in [2.45, 2.75) is 66.3 Å². The zero-order valence-corrected chi connectivity index (χ0v) is 11.8. The van der Waals surface area contributed by atoms with Crippen molar-refractivity contribution in [2.75, 3.05) is 0 Å². The minimum absolute atomic E-state index is 0.268. The van der Waals surface area contributed by atoms with E-state index in [0.717, 1.165) is 6.04 Å². The van der Waals surface area contributed by atoms with Gasteiger partial charge in [0, 0.05) is 12.2 Å². The van der Waals surface area contributed by atoms with Crippen molar-refractivity contribution in [3.63, 3.8) is 0 Å². The molecule has 0 fully saturated rings. The summed E-state index contributed by atoms with van der Waals surface area (Å²) in [5.41, 5.74) is 0. The Hall–Kier alpha value is 0.137. The van der Waals surface area contributed by atoms with Crippen LogP contribution in [0.4, 0.5) is 0 Å². The summed E-state index contributed by atoms with van der Waals surface area (Å²) in [5, 5.41) is 0. The maximum atomic E-state index is 5.98. The Kier molecular flexibility index (Phi) is 5.94. The van der Waals surface area contributed by atoms with E-state index in [9.17, 15) is 0 Å². The topological polar surface area (TPSA) is 18.5 Å². The second-order valence-corrected chi connectivity index (χ2v) is 8.21. The highest BCUT2D eigenvalue weighted by Gasteiger charge is 2.34. The molecule has 0 rings (SSSR count). The van der Waals surface area contributed by atoms with E-state index in [-0.39, 0.29) is 12.2 Å². The lowest BCUT2D eigenvalue weighted by molar-refractivity contribution is 0.107. The zero-order valence-electron chi connectivity index (χ0n) is 10.8. The fourth-order valence-electron chi connectivity index (χ4n) is 1.86. The van der Waals surface area contributed by atoms with Crippen molar-refractivity contribution in [3.05, 3.63) is 0 Å². The Balaban J connectivity index is 4.32. The minimum Gasteiger partial charge on any atom is -0.392 e. The molecule has 0 saturated heterocycles. The van der Waals surface area contributed by atoms with Gasteiger partial charge >= 0.3 is 8.56 Å². The molecule has 0 bridgehead atoms. The molecule has 0 saturated carbocycles. The molecule has 0 aliphatic rings. The second kappa shape index (κ2) is 5.88. The van der Waals surface area contributed by atoms with Gasteiger partial charge in [-0.25, -0.2) is 0 Å². The highest BCUT2D eigenvalue weighted by Crippen LogP contribution is 2.22. The predicted molar refractivity (Wildman–Crippen MR) is 63.7 cm³/mol. The first-order valence-electron chi connectivity index (χ1n) is 5.61. The first-order valence-corrected chi connectivity index (χ1v) is 8.13. The molecule has 0 unspecified atom stereocenters. The normalized spacial score (nSPS) is 13.3. The quantitative estimate of drug-likeness (QED) is 0.635. The molecule has 0 aromatic rings. The minimum atomic E-state index is -1.94. The number of rotatable bonds is 6. The van der Waals surface area contributed by atoms with Gasteiger partial charge in [0.25, 0.3) is 0 Å². The molecule has 3 heteroatoms. The van der Waals surface area contributed by atoms with Crippen molar-refractivity contribution in [1.82, 2.24) is 0 Å². The highest BCUT2D eigenvalue weighted by atomic mass is 28.4. The van der Waals surface area contributed by atoms with E-state index in [1.165, 1.54) is 0 Å². The molecule has 0 N–H and O–H groups in total. The number of hydrogen-bond acceptors (Lipinski definition) is 2. The van der Waals surface area contributed by atoms with Crippen LogP contribution in [0.1, 0.15) is 41.5 Å².